The maximum absolute atomic E-state index is 11.3. The second-order valence-electron chi connectivity index (χ2n) is 2.89. The van der Waals surface area contributed by atoms with Gasteiger partial charge in [-0.25, -0.2) is 0 Å². The summed E-state index contributed by atoms with van der Waals surface area (Å²) in [6.07, 6.45) is 5.81. The molecule has 0 spiro atoms. The van der Waals surface area contributed by atoms with E-state index in [0.29, 0.717) is 12.3 Å². The molecule has 0 saturated carbocycles. The van der Waals surface area contributed by atoms with Crippen molar-refractivity contribution < 1.29 is 4.79 Å². The molecule has 0 bridgehead atoms. The van der Waals surface area contributed by atoms with E-state index >= 15 is 0 Å². The third-order valence-corrected chi connectivity index (χ3v) is 2.16. The second kappa shape index (κ2) is 3.56. The number of nitrogens with zero attached hydrogens (tertiary/aromatic N) is 1. The predicted molar refractivity (Wildman–Crippen MR) is 44.9 cm³/mol. The van der Waals surface area contributed by atoms with E-state index in [1.807, 2.05) is 13.1 Å². The third kappa shape index (κ3) is 1.82. The number of allylic oxidation sites excluding steroid dienone is 1. The molecular formula is C9H15NO. The van der Waals surface area contributed by atoms with Crippen LogP contribution in [-0.4, -0.2) is 17.4 Å². The SMILES string of the molecule is CCC1C=CN(CC)C(=O)C1. The molecule has 0 fully saturated rings. The summed E-state index contributed by atoms with van der Waals surface area (Å²) in [5.74, 6) is 0.743. The van der Waals surface area contributed by atoms with Crippen LogP contribution in [0.5, 0.6) is 0 Å². The molecule has 0 aromatic carbocycles. The van der Waals surface area contributed by atoms with Gasteiger partial charge in [0.2, 0.25) is 5.91 Å². The zero-order chi connectivity index (χ0) is 8.27. The molecule has 1 aliphatic heterocycles. The second-order valence-corrected chi connectivity index (χ2v) is 2.89. The molecule has 1 unspecified atom stereocenters. The molecule has 2 heteroatoms. The van der Waals surface area contributed by atoms with Crippen molar-refractivity contribution in [3.63, 3.8) is 0 Å². The van der Waals surface area contributed by atoms with Crippen LogP contribution in [0.15, 0.2) is 12.3 Å². The lowest BCUT2D eigenvalue weighted by atomic mass is 9.99. The quantitative estimate of drug-likeness (QED) is 0.592. The van der Waals surface area contributed by atoms with Gasteiger partial charge in [-0.15, -0.1) is 0 Å². The highest BCUT2D eigenvalue weighted by atomic mass is 16.2. The standard InChI is InChI=1S/C9H15NO/c1-3-8-5-6-10(4-2)9(11)7-8/h5-6,8H,3-4,7H2,1-2H3. The molecular weight excluding hydrogens is 138 g/mol. The highest BCUT2D eigenvalue weighted by Crippen LogP contribution is 2.17. The largest absolute Gasteiger partial charge is 0.320 e. The first kappa shape index (κ1) is 8.31. The van der Waals surface area contributed by atoms with Gasteiger partial charge in [-0.3, -0.25) is 4.79 Å². The lowest BCUT2D eigenvalue weighted by Gasteiger charge is -2.23. The van der Waals surface area contributed by atoms with Crippen LogP contribution in [0.25, 0.3) is 0 Å². The fourth-order valence-corrected chi connectivity index (χ4v) is 1.28. The Balaban J connectivity index is 2.59. The van der Waals surface area contributed by atoms with Crippen LogP contribution in [0.3, 0.4) is 0 Å². The molecule has 1 aliphatic rings. The van der Waals surface area contributed by atoms with Crippen molar-refractivity contribution in [2.45, 2.75) is 26.7 Å². The van der Waals surface area contributed by atoms with Crippen LogP contribution in [0.2, 0.25) is 0 Å². The van der Waals surface area contributed by atoms with Crippen LogP contribution in [0.4, 0.5) is 0 Å². The van der Waals surface area contributed by atoms with Crippen molar-refractivity contribution in [1.29, 1.82) is 0 Å². The molecule has 2 nitrogen and oxygen atoms in total. The van der Waals surface area contributed by atoms with Crippen molar-refractivity contribution in [3.05, 3.63) is 12.3 Å². The van der Waals surface area contributed by atoms with Gasteiger partial charge in [0.05, 0.1) is 0 Å². The molecule has 0 aromatic heterocycles. The van der Waals surface area contributed by atoms with Gasteiger partial charge in [0, 0.05) is 19.2 Å². The number of hydrogen-bond donors (Lipinski definition) is 0. The molecule has 0 saturated heterocycles. The molecule has 1 amide bonds. The van der Waals surface area contributed by atoms with E-state index in [1.54, 1.807) is 4.90 Å². The number of carbonyl (C=O) groups is 1. The first-order valence-corrected chi connectivity index (χ1v) is 4.25. The molecule has 11 heavy (non-hydrogen) atoms. The van der Waals surface area contributed by atoms with E-state index in [2.05, 4.69) is 13.0 Å². The Kier molecular flexibility index (Phi) is 2.69. The highest BCUT2D eigenvalue weighted by molar-refractivity contribution is 5.78. The topological polar surface area (TPSA) is 20.3 Å². The average Bonchev–Trinajstić information content (AvgIpc) is 2.04. The lowest BCUT2D eigenvalue weighted by molar-refractivity contribution is -0.129. The Bertz CT molecular complexity index is 174. The number of rotatable bonds is 2. The molecule has 0 N–H and O–H groups in total. The summed E-state index contributed by atoms with van der Waals surface area (Å²) < 4.78 is 0. The summed E-state index contributed by atoms with van der Waals surface area (Å²) in [5.41, 5.74) is 0. The van der Waals surface area contributed by atoms with Crippen molar-refractivity contribution in [2.24, 2.45) is 5.92 Å². The Hall–Kier alpha value is -0.790. The van der Waals surface area contributed by atoms with Crippen molar-refractivity contribution in [3.8, 4) is 0 Å². The fourth-order valence-electron chi connectivity index (χ4n) is 1.28. The van der Waals surface area contributed by atoms with Crippen LogP contribution in [0.1, 0.15) is 26.7 Å². The molecule has 62 valence electrons. The number of amides is 1. The van der Waals surface area contributed by atoms with E-state index in [9.17, 15) is 4.79 Å². The van der Waals surface area contributed by atoms with E-state index < -0.39 is 0 Å². The summed E-state index contributed by atoms with van der Waals surface area (Å²) >= 11 is 0. The minimum Gasteiger partial charge on any atom is -0.320 e. The molecule has 0 radical (unpaired) electrons. The van der Waals surface area contributed by atoms with Crippen molar-refractivity contribution >= 4 is 5.91 Å². The Labute approximate surface area is 67.9 Å². The van der Waals surface area contributed by atoms with E-state index in [0.717, 1.165) is 13.0 Å². The maximum Gasteiger partial charge on any atom is 0.227 e. The van der Waals surface area contributed by atoms with Crippen LogP contribution >= 0.6 is 0 Å². The maximum atomic E-state index is 11.3. The van der Waals surface area contributed by atoms with E-state index in [-0.39, 0.29) is 5.91 Å². The summed E-state index contributed by atoms with van der Waals surface area (Å²) in [6, 6.07) is 0. The third-order valence-electron chi connectivity index (χ3n) is 2.16. The number of carbonyl (C=O) groups excluding carboxylic acids is 1. The molecule has 0 aromatic rings. The van der Waals surface area contributed by atoms with Gasteiger partial charge < -0.3 is 4.90 Å². The Morgan fingerprint density at radius 2 is 2.36 bits per heavy atom. The lowest BCUT2D eigenvalue weighted by Crippen LogP contribution is -2.30. The van der Waals surface area contributed by atoms with Crippen molar-refractivity contribution in [1.82, 2.24) is 4.90 Å². The van der Waals surface area contributed by atoms with Gasteiger partial charge in [-0.05, 0) is 19.3 Å². The Morgan fingerprint density at radius 1 is 1.64 bits per heavy atom. The number of hydrogen-bond acceptors (Lipinski definition) is 1. The highest BCUT2D eigenvalue weighted by Gasteiger charge is 2.17. The zero-order valence-electron chi connectivity index (χ0n) is 7.21. The first-order chi connectivity index (χ1) is 5.27. The monoisotopic (exact) mass is 153 g/mol. The smallest absolute Gasteiger partial charge is 0.227 e. The Morgan fingerprint density at radius 3 is 2.82 bits per heavy atom. The fraction of sp³-hybridized carbons (Fsp3) is 0.667. The van der Waals surface area contributed by atoms with E-state index in [1.165, 1.54) is 0 Å². The minimum absolute atomic E-state index is 0.266. The first-order valence-electron chi connectivity index (χ1n) is 4.25. The molecule has 1 atom stereocenters. The van der Waals surface area contributed by atoms with Gasteiger partial charge in [-0.1, -0.05) is 13.0 Å². The minimum atomic E-state index is 0.266. The summed E-state index contributed by atoms with van der Waals surface area (Å²) in [7, 11) is 0. The van der Waals surface area contributed by atoms with E-state index in [4.69, 9.17) is 0 Å². The van der Waals surface area contributed by atoms with Gasteiger partial charge in [-0.2, -0.15) is 0 Å². The predicted octanol–water partition coefficient (Wildman–Crippen LogP) is 1.78. The average molecular weight is 153 g/mol. The normalized spacial score (nSPS) is 24.4. The zero-order valence-corrected chi connectivity index (χ0v) is 7.21. The summed E-state index contributed by atoms with van der Waals surface area (Å²) in [4.78, 5) is 13.0. The van der Waals surface area contributed by atoms with Gasteiger partial charge >= 0.3 is 0 Å². The van der Waals surface area contributed by atoms with Gasteiger partial charge in [0.25, 0.3) is 0 Å². The van der Waals surface area contributed by atoms with Gasteiger partial charge in [0.1, 0.15) is 0 Å². The molecule has 0 aliphatic carbocycles. The van der Waals surface area contributed by atoms with Crippen LogP contribution in [-0.2, 0) is 4.79 Å². The van der Waals surface area contributed by atoms with Crippen LogP contribution < -0.4 is 0 Å². The van der Waals surface area contributed by atoms with Gasteiger partial charge in [0.15, 0.2) is 0 Å². The molecule has 1 rings (SSSR count). The van der Waals surface area contributed by atoms with Crippen molar-refractivity contribution in [2.75, 3.05) is 6.54 Å². The van der Waals surface area contributed by atoms with Crippen LogP contribution in [0, 0.1) is 5.92 Å². The molecule has 1 heterocycles. The summed E-state index contributed by atoms with van der Waals surface area (Å²) in [6.45, 7) is 4.91. The summed E-state index contributed by atoms with van der Waals surface area (Å²) in [5, 5.41) is 0.